The van der Waals surface area contributed by atoms with E-state index < -0.39 is 5.92 Å². The van der Waals surface area contributed by atoms with Crippen molar-refractivity contribution in [2.24, 2.45) is 5.92 Å². The topological polar surface area (TPSA) is 56.8 Å². The van der Waals surface area contributed by atoms with Crippen LogP contribution in [0.2, 0.25) is 5.02 Å². The van der Waals surface area contributed by atoms with Crippen molar-refractivity contribution in [3.63, 3.8) is 0 Å². The number of rotatable bonds is 3. The summed E-state index contributed by atoms with van der Waals surface area (Å²) in [7, 11) is 1.54. The summed E-state index contributed by atoms with van der Waals surface area (Å²) in [5.41, 5.74) is 0.855. The third kappa shape index (κ3) is 2.87. The second kappa shape index (κ2) is 5.24. The Kier molecular flexibility index (Phi) is 3.97. The van der Waals surface area contributed by atoms with Gasteiger partial charge in [0.25, 0.3) is 0 Å². The van der Waals surface area contributed by atoms with Gasteiger partial charge in [0.05, 0.1) is 24.3 Å². The normalized spacial score (nSPS) is 9.40. The first-order chi connectivity index (χ1) is 7.21. The number of ether oxygens (including phenoxy) is 1. The molecule has 0 spiro atoms. The predicted octanol–water partition coefficient (Wildman–Crippen LogP) is 2.55. The zero-order chi connectivity index (χ0) is 11.3. The lowest BCUT2D eigenvalue weighted by molar-refractivity contribution is 0.415. The molecule has 0 fully saturated rings. The lowest BCUT2D eigenvalue weighted by Crippen LogP contribution is -1.98. The van der Waals surface area contributed by atoms with E-state index in [0.29, 0.717) is 17.2 Å². The number of benzene rings is 1. The van der Waals surface area contributed by atoms with E-state index >= 15 is 0 Å². The molecule has 0 bridgehead atoms. The van der Waals surface area contributed by atoms with Crippen LogP contribution in [0.1, 0.15) is 5.56 Å². The zero-order valence-electron chi connectivity index (χ0n) is 8.20. The Morgan fingerprint density at radius 3 is 2.53 bits per heavy atom. The van der Waals surface area contributed by atoms with E-state index in [9.17, 15) is 0 Å². The fourth-order valence-electron chi connectivity index (χ4n) is 1.19. The fraction of sp³-hybridized carbons (Fsp3) is 0.273. The lowest BCUT2D eigenvalue weighted by atomic mass is 10.0. The number of hydrogen-bond donors (Lipinski definition) is 0. The molecule has 0 saturated heterocycles. The molecule has 0 N–H and O–H groups in total. The standard InChI is InChI=1S/C11H9ClN2O/c1-15-11-3-2-8(5-10(11)12)4-9(6-13)7-14/h2-3,5,9H,4H2,1H3. The third-order valence-electron chi connectivity index (χ3n) is 1.97. The maximum absolute atomic E-state index is 8.63. The van der Waals surface area contributed by atoms with Gasteiger partial charge in [-0.15, -0.1) is 0 Å². The molecule has 1 rings (SSSR count). The second-order valence-corrected chi connectivity index (χ2v) is 3.39. The fourth-order valence-corrected chi connectivity index (χ4v) is 1.47. The van der Waals surface area contributed by atoms with Crippen molar-refractivity contribution in [1.29, 1.82) is 10.5 Å². The van der Waals surface area contributed by atoms with Gasteiger partial charge >= 0.3 is 0 Å². The van der Waals surface area contributed by atoms with Gasteiger partial charge in [0, 0.05) is 6.42 Å². The molecule has 0 aliphatic carbocycles. The summed E-state index contributed by atoms with van der Waals surface area (Å²) in [5.74, 6) is -0.0413. The molecule has 0 unspecified atom stereocenters. The zero-order valence-corrected chi connectivity index (χ0v) is 8.95. The highest BCUT2D eigenvalue weighted by molar-refractivity contribution is 6.32. The van der Waals surface area contributed by atoms with Gasteiger partial charge in [-0.1, -0.05) is 17.7 Å². The first-order valence-corrected chi connectivity index (χ1v) is 4.70. The van der Waals surface area contributed by atoms with Gasteiger partial charge in [-0.3, -0.25) is 0 Å². The highest BCUT2D eigenvalue weighted by Gasteiger charge is 2.08. The molecular formula is C11H9ClN2O. The number of nitrogens with zero attached hydrogens (tertiary/aromatic N) is 2. The van der Waals surface area contributed by atoms with Crippen LogP contribution in [0.3, 0.4) is 0 Å². The number of halogens is 1. The van der Waals surface area contributed by atoms with Gasteiger partial charge in [-0.2, -0.15) is 10.5 Å². The quantitative estimate of drug-likeness (QED) is 0.787. The number of methoxy groups -OCH3 is 1. The summed E-state index contributed by atoms with van der Waals surface area (Å²) in [6, 6.07) is 9.06. The van der Waals surface area contributed by atoms with Gasteiger partial charge in [-0.05, 0) is 17.7 Å². The molecule has 0 saturated carbocycles. The Labute approximate surface area is 93.5 Å². The van der Waals surface area contributed by atoms with E-state index in [0.717, 1.165) is 5.56 Å². The molecule has 76 valence electrons. The van der Waals surface area contributed by atoms with E-state index in [1.807, 2.05) is 12.1 Å². The van der Waals surface area contributed by atoms with Crippen LogP contribution < -0.4 is 4.74 Å². The minimum atomic E-state index is -0.630. The Balaban J connectivity index is 2.86. The van der Waals surface area contributed by atoms with Gasteiger partial charge in [0.2, 0.25) is 0 Å². The van der Waals surface area contributed by atoms with Crippen molar-refractivity contribution in [2.45, 2.75) is 6.42 Å². The van der Waals surface area contributed by atoms with E-state index in [1.54, 1.807) is 18.2 Å². The number of nitriles is 2. The van der Waals surface area contributed by atoms with Crippen LogP contribution in [-0.4, -0.2) is 7.11 Å². The van der Waals surface area contributed by atoms with Gasteiger partial charge < -0.3 is 4.74 Å². The van der Waals surface area contributed by atoms with Crippen LogP contribution in [0, 0.1) is 28.6 Å². The Morgan fingerprint density at radius 1 is 1.40 bits per heavy atom. The molecule has 0 aliphatic heterocycles. The monoisotopic (exact) mass is 220 g/mol. The highest BCUT2D eigenvalue weighted by atomic mass is 35.5. The molecule has 0 atom stereocenters. The summed E-state index contributed by atoms with van der Waals surface area (Å²) < 4.78 is 5.00. The van der Waals surface area contributed by atoms with Crippen LogP contribution in [0.15, 0.2) is 18.2 Å². The number of hydrogen-bond acceptors (Lipinski definition) is 3. The molecule has 0 radical (unpaired) electrons. The molecule has 1 aromatic carbocycles. The van der Waals surface area contributed by atoms with Crippen LogP contribution >= 0.6 is 11.6 Å². The largest absolute Gasteiger partial charge is 0.495 e. The molecule has 0 heterocycles. The molecule has 1 aromatic rings. The molecular weight excluding hydrogens is 212 g/mol. The van der Waals surface area contributed by atoms with Crippen LogP contribution in [-0.2, 0) is 6.42 Å². The van der Waals surface area contributed by atoms with Crippen molar-refractivity contribution in [3.05, 3.63) is 28.8 Å². The van der Waals surface area contributed by atoms with E-state index in [4.69, 9.17) is 26.9 Å². The average molecular weight is 221 g/mol. The molecule has 0 amide bonds. The second-order valence-electron chi connectivity index (χ2n) is 2.98. The van der Waals surface area contributed by atoms with Crippen molar-refractivity contribution < 1.29 is 4.74 Å². The molecule has 0 aliphatic rings. The average Bonchev–Trinajstić information content (AvgIpc) is 2.26. The van der Waals surface area contributed by atoms with Crippen LogP contribution in [0.4, 0.5) is 0 Å². The molecule has 0 aromatic heterocycles. The summed E-state index contributed by atoms with van der Waals surface area (Å²) in [6.45, 7) is 0. The van der Waals surface area contributed by atoms with Gasteiger partial charge in [0.1, 0.15) is 11.7 Å². The summed E-state index contributed by atoms with van der Waals surface area (Å²) in [4.78, 5) is 0. The summed E-state index contributed by atoms with van der Waals surface area (Å²) in [6.07, 6.45) is 0.386. The van der Waals surface area contributed by atoms with Gasteiger partial charge in [0.15, 0.2) is 0 Å². The van der Waals surface area contributed by atoms with E-state index in [-0.39, 0.29) is 0 Å². The SMILES string of the molecule is COc1ccc(CC(C#N)C#N)cc1Cl. The van der Waals surface area contributed by atoms with Crippen molar-refractivity contribution in [2.75, 3.05) is 7.11 Å². The molecule has 3 nitrogen and oxygen atoms in total. The van der Waals surface area contributed by atoms with Crippen LogP contribution in [0.25, 0.3) is 0 Å². The lowest BCUT2D eigenvalue weighted by Gasteiger charge is -2.05. The highest BCUT2D eigenvalue weighted by Crippen LogP contribution is 2.25. The third-order valence-corrected chi connectivity index (χ3v) is 2.26. The smallest absolute Gasteiger partial charge is 0.137 e. The van der Waals surface area contributed by atoms with E-state index in [1.165, 1.54) is 7.11 Å². The maximum Gasteiger partial charge on any atom is 0.137 e. The van der Waals surface area contributed by atoms with Crippen molar-refractivity contribution in [3.8, 4) is 17.9 Å². The first-order valence-electron chi connectivity index (χ1n) is 4.33. The van der Waals surface area contributed by atoms with Crippen molar-refractivity contribution in [1.82, 2.24) is 0 Å². The first kappa shape index (κ1) is 11.4. The Morgan fingerprint density at radius 2 is 2.07 bits per heavy atom. The Hall–Kier alpha value is -1.71. The minimum absolute atomic E-state index is 0.386. The molecule has 15 heavy (non-hydrogen) atoms. The molecule has 4 heteroatoms. The van der Waals surface area contributed by atoms with Crippen molar-refractivity contribution >= 4 is 11.6 Å². The summed E-state index contributed by atoms with van der Waals surface area (Å²) in [5, 5.41) is 17.7. The summed E-state index contributed by atoms with van der Waals surface area (Å²) >= 11 is 5.91. The Bertz CT molecular complexity index is 417. The van der Waals surface area contributed by atoms with Crippen LogP contribution in [0.5, 0.6) is 5.75 Å². The maximum atomic E-state index is 8.63. The predicted molar refractivity (Wildman–Crippen MR) is 56.4 cm³/mol. The minimum Gasteiger partial charge on any atom is -0.495 e. The van der Waals surface area contributed by atoms with E-state index in [2.05, 4.69) is 0 Å². The van der Waals surface area contributed by atoms with Gasteiger partial charge in [-0.25, -0.2) is 0 Å².